The highest BCUT2D eigenvalue weighted by Gasteiger charge is 2.48. The normalized spacial score (nSPS) is 26.3. The van der Waals surface area contributed by atoms with Gasteiger partial charge in [-0.2, -0.15) is 70.6 Å². The number of fused-ring (bicyclic) bond motifs is 6. The van der Waals surface area contributed by atoms with Crippen molar-refractivity contribution in [2.75, 3.05) is 166 Å². The third-order valence-electron chi connectivity index (χ3n) is 26.0. The number of thioether (sulfide) groups is 6. The Morgan fingerprint density at radius 1 is 0.250 bits per heavy atom. The smallest absolute Gasteiger partial charge is 0.315 e. The van der Waals surface area contributed by atoms with E-state index in [-0.39, 0.29) is 187 Å². The predicted molar refractivity (Wildman–Crippen MR) is 542 cm³/mol. The van der Waals surface area contributed by atoms with E-state index in [1.54, 1.807) is 0 Å². The van der Waals surface area contributed by atoms with Crippen LogP contribution in [0.4, 0.5) is 28.8 Å². The summed E-state index contributed by atoms with van der Waals surface area (Å²) in [7, 11) is 0. The molecule has 20 N–H and O–H groups in total. The summed E-state index contributed by atoms with van der Waals surface area (Å²) >= 11 is 11.3. The molecule has 0 aromatic rings. The fraction of sp³-hybridized carbons (Fsp3) is 0.848. The molecule has 794 valence electrons. The fourth-order valence-electron chi connectivity index (χ4n) is 18.7. The van der Waals surface area contributed by atoms with E-state index in [4.69, 9.17) is 38.0 Å². The third-order valence-corrected chi connectivity index (χ3v) is 35.1. The number of ether oxygens (including phenoxy) is 7. The molecule has 20 atom stereocenters. The van der Waals surface area contributed by atoms with Gasteiger partial charge in [0.2, 0.25) is 47.3 Å². The fourth-order valence-corrected chi connectivity index (χ4v) is 28.0. The maximum absolute atomic E-state index is 12.3. The van der Waals surface area contributed by atoms with Crippen molar-refractivity contribution < 1.29 is 105 Å². The van der Waals surface area contributed by atoms with Crippen LogP contribution in [0.2, 0.25) is 0 Å². The van der Waals surface area contributed by atoms with E-state index in [1.165, 1.54) is 0 Å². The highest BCUT2D eigenvalue weighted by atomic mass is 32.2. The minimum atomic E-state index is -0.247. The number of hydrogen-bond acceptors (Lipinski definition) is 28. The Kier molecular flexibility index (Phi) is 54.5. The SMILES string of the molecule is CC(CC(=O)NCCCOCCOCCOCCCNC(=O)CC(C)NC(=O)CCCCC1SCC2NC(=O)NC21)NC(=O)CCCCC1SCC2NC(=O)NC21.O=C(CCCCC1SCC2NC(=O)NC21)NCCCOCCOCCOCCCNC(=O)CCCCC1SCC2NC(=O)NC21.O=C(CCCCC1SCC2NC(=O)NC21)NCCOCCONC(=O)CCCCC1SCC2NC(=O)NC21. The highest BCUT2D eigenvalue weighted by Crippen LogP contribution is 2.39. The zero-order chi connectivity index (χ0) is 99.3. The second-order valence-corrected chi connectivity index (χ2v) is 45.0. The number of carbonyl (C=O) groups excluding carboxylic acids is 14. The zero-order valence-electron chi connectivity index (χ0n) is 81.6. The van der Waals surface area contributed by atoms with Crippen molar-refractivity contribution in [1.82, 2.24) is 106 Å². The second-order valence-electron chi connectivity index (χ2n) is 37.4. The standard InChI is InChI=1S/C38H66N8O9S2.C30H52N6O7S2.C24H40N6O6S2/c1-25(41-31(47)11-5-3-9-29-35-27(23-56-29)43-37(51)45-35)21-33(49)39-13-7-15-53-17-19-55-20-18-54-16-8-14-40-34(50)22-26(2)42-32(48)12-6-4-10-30-36-28(24-57-30)44-38(52)46-36;37-25(9-3-1-7-23-27-21(19-44-23)33-29(39)35-27)31-11-5-13-41-15-17-43-18-16-42-14-6-12-32-26(38)10-4-2-8-24-28-22(20-45-24)34-30(40)36-28;31-19(7-3-1-5-17-21-15(13-37-17)26-23(33)28-21)25-9-10-35-11-12-36-30-20(32)8-4-2-6-18-22-16(14-38-18)27-24(34)29-22/h25-30,35-36H,3-24H2,1-2H3,(H,39,49)(H,40,50)(H,41,47)(H,42,48)(H2,43,45,51)(H2,44,46,52);21-24,27-28H,1-20H2,(H,31,37)(H,32,38)(H2,33,35,39)(H2,34,36,40);15-18,21-22H,1-14H2,(H,25,31)(H,30,32)(H2,26,28,33)(H2,27,29,34). The van der Waals surface area contributed by atoms with Crippen molar-refractivity contribution in [3.8, 4) is 0 Å². The van der Waals surface area contributed by atoms with Crippen molar-refractivity contribution in [1.29, 1.82) is 0 Å². The molecule has 12 rings (SSSR count). The van der Waals surface area contributed by atoms with E-state index < -0.39 is 0 Å². The maximum Gasteiger partial charge on any atom is 0.315 e. The second kappa shape index (κ2) is 66.3. The molecular weight excluding hydrogens is 1930 g/mol. The van der Waals surface area contributed by atoms with Crippen molar-refractivity contribution in [3.63, 3.8) is 0 Å². The van der Waals surface area contributed by atoms with Gasteiger partial charge < -0.3 is 134 Å². The molecule has 0 saturated carbocycles. The predicted octanol–water partition coefficient (Wildman–Crippen LogP) is 3.41. The Morgan fingerprint density at radius 2 is 0.464 bits per heavy atom. The van der Waals surface area contributed by atoms with E-state index >= 15 is 0 Å². The van der Waals surface area contributed by atoms with Gasteiger partial charge in [-0.05, 0) is 117 Å². The first kappa shape index (κ1) is 115. The van der Waals surface area contributed by atoms with Gasteiger partial charge in [0.1, 0.15) is 0 Å². The van der Waals surface area contributed by atoms with Gasteiger partial charge in [-0.1, -0.05) is 38.5 Å². The average Bonchev–Trinajstić information content (AvgIpc) is 1.70. The Labute approximate surface area is 849 Å². The van der Waals surface area contributed by atoms with Crippen LogP contribution in [0.25, 0.3) is 0 Å². The summed E-state index contributed by atoms with van der Waals surface area (Å²) in [6, 6.07) is 1.74. The van der Waals surface area contributed by atoms with Crippen LogP contribution in [0.1, 0.15) is 206 Å². The van der Waals surface area contributed by atoms with E-state index in [2.05, 4.69) is 106 Å². The molecule has 12 heterocycles. The average molecular weight is 2090 g/mol. The molecule has 0 aromatic carbocycles. The summed E-state index contributed by atoms with van der Waals surface area (Å²) in [6.45, 7) is 13.1. The molecule has 0 bridgehead atoms. The van der Waals surface area contributed by atoms with Gasteiger partial charge >= 0.3 is 36.2 Å². The van der Waals surface area contributed by atoms with Gasteiger partial charge in [0.25, 0.3) is 0 Å². The number of unbranched alkanes of at least 4 members (excludes halogenated alkanes) is 6. The van der Waals surface area contributed by atoms with E-state index in [0.717, 1.165) is 163 Å². The highest BCUT2D eigenvalue weighted by molar-refractivity contribution is 8.01. The summed E-state index contributed by atoms with van der Waals surface area (Å²) < 4.78 is 38.7. The quantitative estimate of drug-likeness (QED) is 0.0236. The van der Waals surface area contributed by atoms with Crippen LogP contribution >= 0.6 is 70.6 Å². The monoisotopic (exact) mass is 2090 g/mol. The van der Waals surface area contributed by atoms with Crippen LogP contribution in [0.5, 0.6) is 0 Å². The molecule has 0 spiro atoms. The molecule has 0 radical (unpaired) electrons. The number of rotatable bonds is 71. The molecule has 48 heteroatoms. The van der Waals surface area contributed by atoms with E-state index in [0.29, 0.717) is 208 Å². The van der Waals surface area contributed by atoms with Crippen LogP contribution in [-0.4, -0.2) is 366 Å². The Bertz CT molecular complexity index is 3590. The van der Waals surface area contributed by atoms with Gasteiger partial charge in [-0.25, -0.2) is 34.2 Å². The summed E-state index contributed by atoms with van der Waals surface area (Å²) in [4.78, 5) is 171. The molecule has 140 heavy (non-hydrogen) atoms. The van der Waals surface area contributed by atoms with Crippen LogP contribution < -0.4 is 106 Å². The Balaban J connectivity index is 0.000000221. The lowest BCUT2D eigenvalue weighted by molar-refractivity contribution is -0.135. The largest absolute Gasteiger partial charge is 0.379 e. The first-order valence-corrected chi connectivity index (χ1v) is 57.3. The van der Waals surface area contributed by atoms with Crippen molar-refractivity contribution in [2.45, 2.75) is 323 Å². The minimum Gasteiger partial charge on any atom is -0.379 e. The van der Waals surface area contributed by atoms with Crippen LogP contribution in [-0.2, 0) is 76.4 Å². The van der Waals surface area contributed by atoms with Crippen molar-refractivity contribution >= 4 is 154 Å². The summed E-state index contributed by atoms with van der Waals surface area (Å²) in [5, 5.41) is 58.5. The molecule has 12 fully saturated rings. The number of hydroxylamine groups is 1. The molecule has 12 saturated heterocycles. The molecule has 0 aromatic heterocycles. The first-order chi connectivity index (χ1) is 68.0. The lowest BCUT2D eigenvalue weighted by Crippen LogP contribution is -2.37. The van der Waals surface area contributed by atoms with Gasteiger partial charge in [0.15, 0.2) is 0 Å². The number of amides is 20. The lowest BCUT2D eigenvalue weighted by atomic mass is 10.0. The Hall–Kier alpha value is -6.84. The molecule has 0 aliphatic carbocycles. The van der Waals surface area contributed by atoms with Gasteiger partial charge in [0.05, 0.1) is 145 Å². The van der Waals surface area contributed by atoms with Crippen molar-refractivity contribution in [3.05, 3.63) is 0 Å². The van der Waals surface area contributed by atoms with Gasteiger partial charge in [0, 0.05) is 189 Å². The minimum absolute atomic E-state index is 0.0147. The van der Waals surface area contributed by atoms with Gasteiger partial charge in [-0.3, -0.25) is 43.2 Å². The molecule has 12 aliphatic heterocycles. The van der Waals surface area contributed by atoms with Gasteiger partial charge in [-0.15, -0.1) is 0 Å². The number of urea groups is 6. The summed E-state index contributed by atoms with van der Waals surface area (Å²) in [5.41, 5.74) is 2.44. The van der Waals surface area contributed by atoms with Crippen LogP contribution in [0.3, 0.4) is 0 Å². The molecule has 42 nitrogen and oxygen atoms in total. The third kappa shape index (κ3) is 44.2. The summed E-state index contributed by atoms with van der Waals surface area (Å²) in [6.07, 6.45) is 22.6. The lowest BCUT2D eigenvalue weighted by Gasteiger charge is -2.17. The number of hydrogen-bond donors (Lipinski definition) is 20. The zero-order valence-corrected chi connectivity index (χ0v) is 86.5. The Morgan fingerprint density at radius 3 is 0.729 bits per heavy atom. The van der Waals surface area contributed by atoms with Crippen LogP contribution in [0.15, 0.2) is 0 Å². The van der Waals surface area contributed by atoms with Crippen LogP contribution in [0, 0.1) is 0 Å². The molecule has 20 unspecified atom stereocenters. The molecule has 20 amide bonds. The molecular formula is C92H158N20O22S6. The van der Waals surface area contributed by atoms with E-state index in [9.17, 15) is 67.1 Å². The number of nitrogens with one attached hydrogen (secondary N) is 20. The number of carbonyl (C=O) groups is 14. The summed E-state index contributed by atoms with van der Waals surface area (Å²) in [5.74, 6) is 5.40. The maximum atomic E-state index is 12.3. The van der Waals surface area contributed by atoms with Crippen molar-refractivity contribution in [2.24, 2.45) is 0 Å². The molecule has 12 aliphatic rings. The topological polar surface area (TPSA) is 553 Å². The van der Waals surface area contributed by atoms with E-state index in [1.807, 2.05) is 84.4 Å². The first-order valence-electron chi connectivity index (χ1n) is 51.0.